The van der Waals surface area contributed by atoms with Crippen molar-refractivity contribution in [3.8, 4) is 5.75 Å². The summed E-state index contributed by atoms with van der Waals surface area (Å²) in [6.07, 6.45) is 0.225. The van der Waals surface area contributed by atoms with Crippen molar-refractivity contribution >= 4 is 15.9 Å². The number of benzene rings is 1. The quantitative estimate of drug-likeness (QED) is 0.753. The summed E-state index contributed by atoms with van der Waals surface area (Å²) in [4.78, 5) is 0. The molecule has 12 heavy (non-hydrogen) atoms. The van der Waals surface area contributed by atoms with Crippen LogP contribution in [0.3, 0.4) is 0 Å². The van der Waals surface area contributed by atoms with Gasteiger partial charge in [0.25, 0.3) is 0 Å². The van der Waals surface area contributed by atoms with Gasteiger partial charge >= 0.3 is 0 Å². The molecule has 0 aliphatic carbocycles. The summed E-state index contributed by atoms with van der Waals surface area (Å²) >= 11 is 3.43. The fourth-order valence-corrected chi connectivity index (χ4v) is 1.29. The van der Waals surface area contributed by atoms with E-state index in [2.05, 4.69) is 28.9 Å². The molecule has 0 heterocycles. The molecule has 1 rings (SSSR count). The van der Waals surface area contributed by atoms with Crippen molar-refractivity contribution in [2.24, 2.45) is 0 Å². The maximum atomic E-state index is 5.58. The second kappa shape index (κ2) is 3.94. The maximum absolute atomic E-state index is 5.58. The Kier molecular flexibility index (Phi) is 3.15. The first-order valence-corrected chi connectivity index (χ1v) is 4.81. The van der Waals surface area contributed by atoms with E-state index in [0.717, 1.165) is 10.2 Å². The molecule has 0 N–H and O–H groups in total. The Balaban J connectivity index is 2.90. The Labute approximate surface area is 81.9 Å². The van der Waals surface area contributed by atoms with E-state index in [1.807, 2.05) is 26.0 Å². The normalized spacial score (nSPS) is 10.4. The smallest absolute Gasteiger partial charge is 0.134 e. The third kappa shape index (κ3) is 2.52. The topological polar surface area (TPSA) is 9.23 Å². The zero-order valence-corrected chi connectivity index (χ0v) is 9.18. The summed E-state index contributed by atoms with van der Waals surface area (Å²) in [7, 11) is 0. The Morgan fingerprint density at radius 2 is 2.00 bits per heavy atom. The second-order valence-corrected chi connectivity index (χ2v) is 3.95. The van der Waals surface area contributed by atoms with Gasteiger partial charge in [-0.1, -0.05) is 6.07 Å². The van der Waals surface area contributed by atoms with Crippen molar-refractivity contribution in [2.45, 2.75) is 26.9 Å². The molecule has 0 atom stereocenters. The van der Waals surface area contributed by atoms with Gasteiger partial charge in [0.15, 0.2) is 0 Å². The van der Waals surface area contributed by atoms with Crippen molar-refractivity contribution in [3.05, 3.63) is 28.2 Å². The van der Waals surface area contributed by atoms with Gasteiger partial charge in [-0.05, 0) is 54.4 Å². The summed E-state index contributed by atoms with van der Waals surface area (Å²) in [6.45, 7) is 6.10. The third-order valence-electron chi connectivity index (χ3n) is 1.45. The highest BCUT2D eigenvalue weighted by Crippen LogP contribution is 2.26. The molecular formula is C10H13BrO. The molecule has 0 spiro atoms. The van der Waals surface area contributed by atoms with Gasteiger partial charge in [-0.3, -0.25) is 0 Å². The summed E-state index contributed by atoms with van der Waals surface area (Å²) in [5.41, 5.74) is 1.22. The number of hydrogen-bond donors (Lipinski definition) is 0. The van der Waals surface area contributed by atoms with E-state index in [-0.39, 0.29) is 6.10 Å². The molecule has 1 aromatic rings. The zero-order chi connectivity index (χ0) is 9.14. The number of aryl methyl sites for hydroxylation is 1. The molecule has 0 saturated heterocycles. The van der Waals surface area contributed by atoms with Crippen molar-refractivity contribution in [2.75, 3.05) is 0 Å². The van der Waals surface area contributed by atoms with Crippen LogP contribution < -0.4 is 4.74 Å². The van der Waals surface area contributed by atoms with E-state index < -0.39 is 0 Å². The fourth-order valence-electron chi connectivity index (χ4n) is 0.955. The Hall–Kier alpha value is -0.500. The lowest BCUT2D eigenvalue weighted by molar-refractivity contribution is 0.240. The maximum Gasteiger partial charge on any atom is 0.134 e. The van der Waals surface area contributed by atoms with Crippen LogP contribution in [0.2, 0.25) is 0 Å². The first-order chi connectivity index (χ1) is 5.59. The van der Waals surface area contributed by atoms with Crippen LogP contribution in [-0.2, 0) is 0 Å². The van der Waals surface area contributed by atoms with Crippen LogP contribution in [0.25, 0.3) is 0 Å². The summed E-state index contributed by atoms with van der Waals surface area (Å²) in [5.74, 6) is 0.921. The van der Waals surface area contributed by atoms with E-state index >= 15 is 0 Å². The molecule has 1 nitrogen and oxygen atoms in total. The highest BCUT2D eigenvalue weighted by molar-refractivity contribution is 9.10. The zero-order valence-electron chi connectivity index (χ0n) is 7.60. The molecule has 0 aliphatic heterocycles. The molecule has 0 bridgehead atoms. The van der Waals surface area contributed by atoms with Crippen LogP contribution in [-0.4, -0.2) is 6.10 Å². The van der Waals surface area contributed by atoms with Crippen molar-refractivity contribution in [1.82, 2.24) is 0 Å². The minimum absolute atomic E-state index is 0.225. The Bertz CT molecular complexity index is 269. The molecule has 0 unspecified atom stereocenters. The molecule has 2 heteroatoms. The number of halogens is 1. The van der Waals surface area contributed by atoms with Gasteiger partial charge in [0.1, 0.15) is 5.75 Å². The van der Waals surface area contributed by atoms with Crippen LogP contribution >= 0.6 is 15.9 Å². The van der Waals surface area contributed by atoms with E-state index in [1.165, 1.54) is 5.56 Å². The van der Waals surface area contributed by atoms with Crippen LogP contribution in [0.5, 0.6) is 5.75 Å². The van der Waals surface area contributed by atoms with Crippen LogP contribution in [0.15, 0.2) is 22.7 Å². The minimum atomic E-state index is 0.225. The lowest BCUT2D eigenvalue weighted by Gasteiger charge is -2.11. The minimum Gasteiger partial charge on any atom is -0.490 e. The summed E-state index contributed by atoms with van der Waals surface area (Å²) in [6, 6.07) is 6.09. The average molecular weight is 229 g/mol. The standard InChI is InChI=1S/C10H13BrO/c1-7(2)12-10-6-8(3)4-5-9(10)11/h4-7H,1-3H3. The lowest BCUT2D eigenvalue weighted by Crippen LogP contribution is -2.05. The van der Waals surface area contributed by atoms with E-state index in [4.69, 9.17) is 4.74 Å². The number of rotatable bonds is 2. The molecule has 66 valence electrons. The third-order valence-corrected chi connectivity index (χ3v) is 2.10. The van der Waals surface area contributed by atoms with Gasteiger partial charge in [-0.25, -0.2) is 0 Å². The largest absolute Gasteiger partial charge is 0.490 e. The van der Waals surface area contributed by atoms with Gasteiger partial charge in [-0.2, -0.15) is 0 Å². The Morgan fingerprint density at radius 1 is 1.33 bits per heavy atom. The van der Waals surface area contributed by atoms with Gasteiger partial charge in [-0.15, -0.1) is 0 Å². The first kappa shape index (κ1) is 9.59. The highest BCUT2D eigenvalue weighted by Gasteiger charge is 2.02. The van der Waals surface area contributed by atoms with Gasteiger partial charge < -0.3 is 4.74 Å². The number of ether oxygens (including phenoxy) is 1. The molecule has 0 fully saturated rings. The van der Waals surface area contributed by atoms with Gasteiger partial charge in [0.05, 0.1) is 10.6 Å². The van der Waals surface area contributed by atoms with Crippen molar-refractivity contribution < 1.29 is 4.74 Å². The molecule has 0 aliphatic rings. The predicted molar refractivity (Wildman–Crippen MR) is 54.6 cm³/mol. The SMILES string of the molecule is Cc1ccc(Br)c(OC(C)C)c1. The highest BCUT2D eigenvalue weighted by atomic mass is 79.9. The predicted octanol–water partition coefficient (Wildman–Crippen LogP) is 3.54. The first-order valence-electron chi connectivity index (χ1n) is 4.02. The fraction of sp³-hybridized carbons (Fsp3) is 0.400. The monoisotopic (exact) mass is 228 g/mol. The van der Waals surface area contributed by atoms with Crippen LogP contribution in [0, 0.1) is 6.92 Å². The lowest BCUT2D eigenvalue weighted by atomic mass is 10.2. The molecule has 0 amide bonds. The second-order valence-electron chi connectivity index (χ2n) is 3.10. The average Bonchev–Trinajstić information content (AvgIpc) is 1.96. The molecule has 0 aromatic heterocycles. The van der Waals surface area contributed by atoms with Gasteiger partial charge in [0, 0.05) is 0 Å². The van der Waals surface area contributed by atoms with E-state index in [1.54, 1.807) is 0 Å². The van der Waals surface area contributed by atoms with Crippen LogP contribution in [0.4, 0.5) is 0 Å². The number of hydrogen-bond acceptors (Lipinski definition) is 1. The summed E-state index contributed by atoms with van der Waals surface area (Å²) < 4.78 is 6.59. The molecule has 0 radical (unpaired) electrons. The molecule has 1 aromatic carbocycles. The molecule has 0 saturated carbocycles. The van der Waals surface area contributed by atoms with E-state index in [9.17, 15) is 0 Å². The van der Waals surface area contributed by atoms with Crippen molar-refractivity contribution in [1.29, 1.82) is 0 Å². The van der Waals surface area contributed by atoms with Crippen LogP contribution in [0.1, 0.15) is 19.4 Å². The van der Waals surface area contributed by atoms with Crippen molar-refractivity contribution in [3.63, 3.8) is 0 Å². The Morgan fingerprint density at radius 3 is 2.58 bits per heavy atom. The summed E-state index contributed by atoms with van der Waals surface area (Å²) in [5, 5.41) is 0. The van der Waals surface area contributed by atoms with Gasteiger partial charge in [0.2, 0.25) is 0 Å². The molecular weight excluding hydrogens is 216 g/mol. The van der Waals surface area contributed by atoms with E-state index in [0.29, 0.717) is 0 Å².